The molecule has 1 heterocycles. The number of allylic oxidation sites excluding steroid dienone is 2. The molecule has 0 spiro atoms. The van der Waals surface area contributed by atoms with Crippen molar-refractivity contribution in [3.8, 4) is 0 Å². The van der Waals surface area contributed by atoms with Gasteiger partial charge >= 0.3 is 5.97 Å². The molecule has 1 aliphatic rings. The van der Waals surface area contributed by atoms with Crippen molar-refractivity contribution < 1.29 is 27.7 Å². The van der Waals surface area contributed by atoms with Crippen LogP contribution in [0.5, 0.6) is 0 Å². The summed E-state index contributed by atoms with van der Waals surface area (Å²) in [6, 6.07) is 5.54. The third-order valence-electron chi connectivity index (χ3n) is 4.89. The van der Waals surface area contributed by atoms with Crippen molar-refractivity contribution in [1.29, 1.82) is 0 Å². The molecule has 2 atom stereocenters. The van der Waals surface area contributed by atoms with Crippen LogP contribution in [0.3, 0.4) is 0 Å². The quantitative estimate of drug-likeness (QED) is 0.359. The molecule has 0 bridgehead atoms. The van der Waals surface area contributed by atoms with Gasteiger partial charge in [0.15, 0.2) is 5.78 Å². The molecule has 0 aromatic heterocycles. The summed E-state index contributed by atoms with van der Waals surface area (Å²) in [6.07, 6.45) is 0. The molecular formula is C19H23N3O7S. The molecule has 0 radical (unpaired) electrons. The van der Waals surface area contributed by atoms with Crippen LogP contribution in [0.2, 0.25) is 0 Å². The number of aliphatic imine (C=N–C) groups is 1. The molecule has 2 rings (SSSR count). The van der Waals surface area contributed by atoms with Gasteiger partial charge in [0.05, 0.1) is 12.0 Å². The third kappa shape index (κ3) is 4.62. The van der Waals surface area contributed by atoms with Crippen LogP contribution >= 0.6 is 0 Å². The second-order valence-electron chi connectivity index (χ2n) is 7.04. The minimum absolute atomic E-state index is 0.0157. The monoisotopic (exact) mass is 437 g/mol. The molecular weight excluding hydrogens is 414 g/mol. The van der Waals surface area contributed by atoms with E-state index in [-0.39, 0.29) is 17.0 Å². The highest BCUT2D eigenvalue weighted by molar-refractivity contribution is 7.89. The van der Waals surface area contributed by atoms with E-state index < -0.39 is 44.3 Å². The van der Waals surface area contributed by atoms with E-state index in [0.717, 1.165) is 4.31 Å². The fourth-order valence-corrected chi connectivity index (χ4v) is 4.14. The lowest BCUT2D eigenvalue weighted by Gasteiger charge is -2.31. The number of ether oxygens (including phenoxy) is 1. The van der Waals surface area contributed by atoms with Crippen molar-refractivity contribution in [2.24, 2.45) is 10.9 Å². The first-order chi connectivity index (χ1) is 13.9. The first kappa shape index (κ1) is 23.4. The van der Waals surface area contributed by atoms with Crippen LogP contribution in [0, 0.1) is 16.0 Å². The molecule has 1 aliphatic heterocycles. The standard InChI is InChI=1S/C19H23N3O7S/c1-11-16(15(23)10-30(27,28)21(3)4)18(17(12(2)20-11)19(24)29-5)13-7-6-8-14(9-13)22(25)26/h6-9,17-18H,10H2,1-5H3. The Morgan fingerprint density at radius 3 is 2.43 bits per heavy atom. The van der Waals surface area contributed by atoms with Crippen LogP contribution in [-0.4, -0.2) is 62.1 Å². The number of esters is 1. The van der Waals surface area contributed by atoms with E-state index in [4.69, 9.17) is 4.74 Å². The Balaban J connectivity index is 2.70. The number of nitro benzene ring substituents is 1. The largest absolute Gasteiger partial charge is 0.468 e. The normalized spacial score (nSPS) is 19.5. The number of ketones is 1. The number of nitrogens with zero attached hydrogens (tertiary/aromatic N) is 3. The van der Waals surface area contributed by atoms with E-state index in [2.05, 4.69) is 4.99 Å². The van der Waals surface area contributed by atoms with Crippen LogP contribution in [0.1, 0.15) is 25.3 Å². The second-order valence-corrected chi connectivity index (χ2v) is 9.23. The summed E-state index contributed by atoms with van der Waals surface area (Å²) in [5, 5.41) is 11.2. The van der Waals surface area contributed by atoms with E-state index in [1.807, 2.05) is 0 Å². The first-order valence-electron chi connectivity index (χ1n) is 8.92. The lowest BCUT2D eigenvalue weighted by Crippen LogP contribution is -2.38. The van der Waals surface area contributed by atoms with Gasteiger partial charge in [0.2, 0.25) is 10.0 Å². The number of methoxy groups -OCH3 is 1. The molecule has 0 amide bonds. The summed E-state index contributed by atoms with van der Waals surface area (Å²) in [5.74, 6) is -4.23. The maximum Gasteiger partial charge on any atom is 0.315 e. The average Bonchev–Trinajstić information content (AvgIpc) is 2.66. The number of carbonyl (C=O) groups is 2. The van der Waals surface area contributed by atoms with Gasteiger partial charge in [0.1, 0.15) is 11.7 Å². The number of non-ortho nitro benzene ring substituents is 1. The Hall–Kier alpha value is -2.92. The molecule has 0 fully saturated rings. The van der Waals surface area contributed by atoms with Gasteiger partial charge in [0.25, 0.3) is 5.69 Å². The molecule has 11 heteroatoms. The number of hydrogen-bond donors (Lipinski definition) is 0. The number of carbonyl (C=O) groups excluding carboxylic acids is 2. The molecule has 162 valence electrons. The van der Waals surface area contributed by atoms with Crippen LogP contribution in [0.25, 0.3) is 0 Å². The SMILES string of the molecule is COC(=O)C1C(C)=NC(C)=C(C(=O)CS(=O)(=O)N(C)C)C1c1cccc([N+](=O)[O-])c1. The lowest BCUT2D eigenvalue weighted by molar-refractivity contribution is -0.384. The smallest absolute Gasteiger partial charge is 0.315 e. The van der Waals surface area contributed by atoms with Gasteiger partial charge < -0.3 is 4.74 Å². The van der Waals surface area contributed by atoms with Crippen LogP contribution in [0.4, 0.5) is 5.69 Å². The summed E-state index contributed by atoms with van der Waals surface area (Å²) in [6.45, 7) is 3.13. The summed E-state index contributed by atoms with van der Waals surface area (Å²) in [7, 11) is -0.0779. The van der Waals surface area contributed by atoms with Gasteiger partial charge in [-0.25, -0.2) is 12.7 Å². The Bertz CT molecular complexity index is 1060. The minimum Gasteiger partial charge on any atom is -0.468 e. The molecule has 0 saturated carbocycles. The van der Waals surface area contributed by atoms with Crippen molar-refractivity contribution in [3.63, 3.8) is 0 Å². The van der Waals surface area contributed by atoms with Crippen molar-refractivity contribution >= 4 is 33.2 Å². The zero-order chi connectivity index (χ0) is 22.8. The zero-order valence-electron chi connectivity index (χ0n) is 17.3. The Kier molecular flexibility index (Phi) is 6.88. The van der Waals surface area contributed by atoms with E-state index in [1.54, 1.807) is 13.0 Å². The Labute approximate surface area is 174 Å². The van der Waals surface area contributed by atoms with Gasteiger partial charge in [-0.1, -0.05) is 12.1 Å². The van der Waals surface area contributed by atoms with Crippen LogP contribution in [0.15, 0.2) is 40.5 Å². The van der Waals surface area contributed by atoms with Gasteiger partial charge in [0, 0.05) is 49.1 Å². The summed E-state index contributed by atoms with van der Waals surface area (Å²) in [5.41, 5.74) is 0.730. The van der Waals surface area contributed by atoms with Crippen molar-refractivity contribution in [2.45, 2.75) is 19.8 Å². The number of benzene rings is 1. The molecule has 2 unspecified atom stereocenters. The number of hydrogen-bond acceptors (Lipinski definition) is 8. The van der Waals surface area contributed by atoms with Gasteiger partial charge in [-0.05, 0) is 19.4 Å². The van der Waals surface area contributed by atoms with Crippen LogP contribution < -0.4 is 0 Å². The molecule has 10 nitrogen and oxygen atoms in total. The predicted octanol–water partition coefficient (Wildman–Crippen LogP) is 1.68. The van der Waals surface area contributed by atoms with E-state index in [9.17, 15) is 28.1 Å². The maximum absolute atomic E-state index is 13.1. The number of rotatable bonds is 7. The van der Waals surface area contributed by atoms with Gasteiger partial charge in [-0.2, -0.15) is 0 Å². The Morgan fingerprint density at radius 1 is 1.27 bits per heavy atom. The highest BCUT2D eigenvalue weighted by Gasteiger charge is 2.42. The van der Waals surface area contributed by atoms with E-state index >= 15 is 0 Å². The summed E-state index contributed by atoms with van der Waals surface area (Å²) >= 11 is 0. The highest BCUT2D eigenvalue weighted by atomic mass is 32.2. The van der Waals surface area contributed by atoms with E-state index in [1.165, 1.54) is 46.3 Å². The van der Waals surface area contributed by atoms with Gasteiger partial charge in [-0.3, -0.25) is 24.7 Å². The molecule has 0 N–H and O–H groups in total. The van der Waals surface area contributed by atoms with Crippen molar-refractivity contribution in [3.05, 3.63) is 51.2 Å². The van der Waals surface area contributed by atoms with Crippen LogP contribution in [-0.2, 0) is 24.3 Å². The second kappa shape index (κ2) is 8.84. The number of Topliss-reactive ketones (excluding diaryl/α,β-unsaturated/α-hetero) is 1. The maximum atomic E-state index is 13.1. The molecule has 0 aliphatic carbocycles. The lowest BCUT2D eigenvalue weighted by atomic mass is 9.74. The zero-order valence-corrected chi connectivity index (χ0v) is 18.1. The summed E-state index contributed by atoms with van der Waals surface area (Å²) in [4.78, 5) is 40.6. The van der Waals surface area contributed by atoms with E-state index in [0.29, 0.717) is 11.3 Å². The minimum atomic E-state index is -3.88. The Morgan fingerprint density at radius 2 is 1.90 bits per heavy atom. The highest BCUT2D eigenvalue weighted by Crippen LogP contribution is 2.40. The average molecular weight is 437 g/mol. The topological polar surface area (TPSA) is 136 Å². The number of sulfonamides is 1. The molecule has 0 saturated heterocycles. The molecule has 30 heavy (non-hydrogen) atoms. The fraction of sp³-hybridized carbons (Fsp3) is 0.421. The molecule has 1 aromatic carbocycles. The summed E-state index contributed by atoms with van der Waals surface area (Å²) < 4.78 is 30.4. The predicted molar refractivity (Wildman–Crippen MR) is 110 cm³/mol. The first-order valence-corrected chi connectivity index (χ1v) is 10.5. The van der Waals surface area contributed by atoms with Crippen molar-refractivity contribution in [1.82, 2.24) is 4.31 Å². The third-order valence-corrected chi connectivity index (χ3v) is 6.63. The van der Waals surface area contributed by atoms with Crippen molar-refractivity contribution in [2.75, 3.05) is 27.0 Å². The van der Waals surface area contributed by atoms with Gasteiger partial charge in [-0.15, -0.1) is 0 Å². The number of nitro groups is 1. The fourth-order valence-electron chi connectivity index (χ4n) is 3.40. The molecule has 1 aromatic rings.